The third-order valence-corrected chi connectivity index (χ3v) is 3.09. The summed E-state index contributed by atoms with van der Waals surface area (Å²) in [5.74, 6) is 0.237. The standard InChI is InChI=1S/C15H27NO2/c1-14(2,3)12(13(17)15(4,5)6)11-16-7-9-18-10-8-16/h11H,7-10H2,1-6H3/b12-11-. The van der Waals surface area contributed by atoms with Crippen LogP contribution in [0.5, 0.6) is 0 Å². The molecule has 0 amide bonds. The largest absolute Gasteiger partial charge is 0.378 e. The van der Waals surface area contributed by atoms with E-state index in [0.29, 0.717) is 0 Å². The van der Waals surface area contributed by atoms with Crippen molar-refractivity contribution in [2.75, 3.05) is 26.3 Å². The lowest BCUT2D eigenvalue weighted by molar-refractivity contribution is -0.123. The van der Waals surface area contributed by atoms with Crippen LogP contribution in [0.15, 0.2) is 11.8 Å². The van der Waals surface area contributed by atoms with Gasteiger partial charge in [-0.1, -0.05) is 41.5 Å². The summed E-state index contributed by atoms with van der Waals surface area (Å²) in [5, 5.41) is 0. The van der Waals surface area contributed by atoms with Crippen molar-refractivity contribution in [2.24, 2.45) is 10.8 Å². The molecule has 0 saturated carbocycles. The third kappa shape index (κ3) is 4.13. The SMILES string of the molecule is CC(C)(C)C(=O)/C(=C/N1CCOCC1)C(C)(C)C. The molecule has 1 rings (SSSR count). The third-order valence-electron chi connectivity index (χ3n) is 3.09. The molecule has 0 aromatic rings. The molecule has 0 N–H and O–H groups in total. The van der Waals surface area contributed by atoms with Crippen LogP contribution in [0.1, 0.15) is 41.5 Å². The molecule has 1 heterocycles. The Balaban J connectivity index is 2.98. The summed E-state index contributed by atoms with van der Waals surface area (Å²) in [6.07, 6.45) is 2.05. The summed E-state index contributed by atoms with van der Waals surface area (Å²) in [7, 11) is 0. The predicted octanol–water partition coefficient (Wildman–Crippen LogP) is 2.86. The summed E-state index contributed by atoms with van der Waals surface area (Å²) in [6.45, 7) is 15.5. The van der Waals surface area contributed by atoms with Gasteiger partial charge in [0.25, 0.3) is 0 Å². The average Bonchev–Trinajstić information content (AvgIpc) is 2.23. The van der Waals surface area contributed by atoms with Crippen LogP contribution in [0.2, 0.25) is 0 Å². The number of carbonyl (C=O) groups excluding carboxylic acids is 1. The Morgan fingerprint density at radius 3 is 1.89 bits per heavy atom. The minimum absolute atomic E-state index is 0.122. The van der Waals surface area contributed by atoms with Crippen LogP contribution in [0.3, 0.4) is 0 Å². The highest BCUT2D eigenvalue weighted by molar-refractivity contribution is 6.00. The van der Waals surface area contributed by atoms with E-state index in [4.69, 9.17) is 4.74 Å². The van der Waals surface area contributed by atoms with Gasteiger partial charge in [-0.2, -0.15) is 0 Å². The smallest absolute Gasteiger partial charge is 0.166 e. The number of Topliss-reactive ketones (excluding diaryl/α,β-unsaturated/α-hetero) is 1. The van der Waals surface area contributed by atoms with E-state index in [1.54, 1.807) is 0 Å². The van der Waals surface area contributed by atoms with Gasteiger partial charge in [-0.3, -0.25) is 4.79 Å². The zero-order chi connectivity index (χ0) is 14.0. The molecule has 3 heteroatoms. The van der Waals surface area contributed by atoms with Gasteiger partial charge in [-0.05, 0) is 5.41 Å². The average molecular weight is 253 g/mol. The molecule has 0 aliphatic carbocycles. The molecule has 18 heavy (non-hydrogen) atoms. The normalized spacial score (nSPS) is 19.0. The molecular weight excluding hydrogens is 226 g/mol. The number of hydrogen-bond acceptors (Lipinski definition) is 3. The fraction of sp³-hybridized carbons (Fsp3) is 0.800. The van der Waals surface area contributed by atoms with Crippen molar-refractivity contribution in [3.05, 3.63) is 11.8 Å². The van der Waals surface area contributed by atoms with Crippen molar-refractivity contribution in [3.63, 3.8) is 0 Å². The Labute approximate surface area is 111 Å². The minimum atomic E-state index is -0.328. The minimum Gasteiger partial charge on any atom is -0.378 e. The Morgan fingerprint density at radius 1 is 1.00 bits per heavy atom. The second-order valence-corrected chi connectivity index (χ2v) is 7.02. The predicted molar refractivity (Wildman–Crippen MR) is 74.4 cm³/mol. The van der Waals surface area contributed by atoms with Crippen LogP contribution in [0, 0.1) is 10.8 Å². The monoisotopic (exact) mass is 253 g/mol. The van der Waals surface area contributed by atoms with Crippen LogP contribution < -0.4 is 0 Å². The molecule has 0 atom stereocenters. The van der Waals surface area contributed by atoms with Gasteiger partial charge in [0, 0.05) is 30.3 Å². The van der Waals surface area contributed by atoms with E-state index in [0.717, 1.165) is 31.9 Å². The molecule has 0 bridgehead atoms. The fourth-order valence-corrected chi connectivity index (χ4v) is 1.89. The van der Waals surface area contributed by atoms with E-state index in [-0.39, 0.29) is 16.6 Å². The van der Waals surface area contributed by atoms with Gasteiger partial charge in [0.1, 0.15) is 0 Å². The van der Waals surface area contributed by atoms with Crippen LogP contribution >= 0.6 is 0 Å². The highest BCUT2D eigenvalue weighted by atomic mass is 16.5. The number of hydrogen-bond donors (Lipinski definition) is 0. The maximum absolute atomic E-state index is 12.6. The van der Waals surface area contributed by atoms with Gasteiger partial charge < -0.3 is 9.64 Å². The van der Waals surface area contributed by atoms with Gasteiger partial charge in [0.15, 0.2) is 5.78 Å². The van der Waals surface area contributed by atoms with Crippen LogP contribution in [-0.2, 0) is 9.53 Å². The van der Waals surface area contributed by atoms with Gasteiger partial charge in [0.2, 0.25) is 0 Å². The van der Waals surface area contributed by atoms with Crippen LogP contribution in [-0.4, -0.2) is 37.0 Å². The lowest BCUT2D eigenvalue weighted by Crippen LogP contribution is -2.36. The van der Waals surface area contributed by atoms with E-state index in [1.165, 1.54) is 0 Å². The first kappa shape index (κ1) is 15.2. The highest BCUT2D eigenvalue weighted by Gasteiger charge is 2.32. The summed E-state index contributed by atoms with van der Waals surface area (Å²) in [6, 6.07) is 0. The molecule has 0 aromatic heterocycles. The number of ether oxygens (including phenoxy) is 1. The van der Waals surface area contributed by atoms with Crippen molar-refractivity contribution < 1.29 is 9.53 Å². The maximum Gasteiger partial charge on any atom is 0.166 e. The molecule has 0 spiro atoms. The lowest BCUT2D eigenvalue weighted by Gasteiger charge is -2.32. The summed E-state index contributed by atoms with van der Waals surface area (Å²) >= 11 is 0. The van der Waals surface area contributed by atoms with E-state index >= 15 is 0 Å². The van der Waals surface area contributed by atoms with Crippen molar-refractivity contribution in [1.29, 1.82) is 0 Å². The molecule has 1 aliphatic heterocycles. The quantitative estimate of drug-likeness (QED) is 0.709. The Morgan fingerprint density at radius 2 is 1.50 bits per heavy atom. The van der Waals surface area contributed by atoms with Crippen molar-refractivity contribution in [2.45, 2.75) is 41.5 Å². The molecule has 0 aromatic carbocycles. The molecule has 3 nitrogen and oxygen atoms in total. The lowest BCUT2D eigenvalue weighted by atomic mass is 9.76. The van der Waals surface area contributed by atoms with E-state index < -0.39 is 0 Å². The molecule has 1 saturated heterocycles. The number of rotatable bonds is 2. The van der Waals surface area contributed by atoms with Gasteiger partial charge in [-0.15, -0.1) is 0 Å². The van der Waals surface area contributed by atoms with Crippen LogP contribution in [0.4, 0.5) is 0 Å². The summed E-state index contributed by atoms with van der Waals surface area (Å²) in [4.78, 5) is 14.8. The number of ketones is 1. The zero-order valence-electron chi connectivity index (χ0n) is 12.7. The molecule has 1 fully saturated rings. The number of morpholine rings is 1. The van der Waals surface area contributed by atoms with E-state index in [1.807, 2.05) is 20.8 Å². The second kappa shape index (κ2) is 5.43. The van der Waals surface area contributed by atoms with Crippen molar-refractivity contribution >= 4 is 5.78 Å². The van der Waals surface area contributed by atoms with E-state index in [2.05, 4.69) is 31.9 Å². The Kier molecular flexibility index (Phi) is 4.60. The topological polar surface area (TPSA) is 29.5 Å². The Hall–Kier alpha value is -0.830. The number of carbonyl (C=O) groups is 1. The van der Waals surface area contributed by atoms with Crippen molar-refractivity contribution in [1.82, 2.24) is 4.90 Å². The van der Waals surface area contributed by atoms with Gasteiger partial charge >= 0.3 is 0 Å². The number of allylic oxidation sites excluding steroid dienone is 1. The first-order valence-electron chi connectivity index (χ1n) is 6.71. The van der Waals surface area contributed by atoms with Gasteiger partial charge in [-0.25, -0.2) is 0 Å². The summed E-state index contributed by atoms with van der Waals surface area (Å²) < 4.78 is 5.34. The zero-order valence-corrected chi connectivity index (χ0v) is 12.7. The second-order valence-electron chi connectivity index (χ2n) is 7.02. The molecule has 0 radical (unpaired) electrons. The molecule has 0 unspecified atom stereocenters. The molecular formula is C15H27NO2. The highest BCUT2D eigenvalue weighted by Crippen LogP contribution is 2.32. The first-order chi connectivity index (χ1) is 8.12. The van der Waals surface area contributed by atoms with E-state index in [9.17, 15) is 4.79 Å². The number of nitrogens with zero attached hydrogens (tertiary/aromatic N) is 1. The Bertz CT molecular complexity index is 325. The van der Waals surface area contributed by atoms with Crippen molar-refractivity contribution in [3.8, 4) is 0 Å². The first-order valence-corrected chi connectivity index (χ1v) is 6.71. The molecule has 1 aliphatic rings. The fourth-order valence-electron chi connectivity index (χ4n) is 1.89. The maximum atomic E-state index is 12.6. The van der Waals surface area contributed by atoms with Gasteiger partial charge in [0.05, 0.1) is 13.2 Å². The molecule has 104 valence electrons. The summed E-state index contributed by atoms with van der Waals surface area (Å²) in [5.41, 5.74) is 0.463. The van der Waals surface area contributed by atoms with Crippen LogP contribution in [0.25, 0.3) is 0 Å².